The first-order valence-electron chi connectivity index (χ1n) is 13.4. The number of hydrogen-bond acceptors (Lipinski definition) is 4. The van der Waals surface area contributed by atoms with Gasteiger partial charge in [0.25, 0.3) is 10.0 Å². The number of anilines is 1. The second-order valence-electron chi connectivity index (χ2n) is 9.74. The Balaban J connectivity index is 2.02. The quantitative estimate of drug-likeness (QED) is 0.296. The Hall–Kier alpha value is -3.65. The maximum atomic E-state index is 14.0. The van der Waals surface area contributed by atoms with Gasteiger partial charge in [-0.25, -0.2) is 8.42 Å². The summed E-state index contributed by atoms with van der Waals surface area (Å²) in [5.74, 6) is -0.686. The van der Waals surface area contributed by atoms with E-state index in [0.29, 0.717) is 18.7 Å². The maximum Gasteiger partial charge on any atom is 0.264 e. The van der Waals surface area contributed by atoms with Gasteiger partial charge in [0.2, 0.25) is 11.8 Å². The molecule has 0 aromatic heterocycles. The Morgan fingerprint density at radius 2 is 1.56 bits per heavy atom. The summed E-state index contributed by atoms with van der Waals surface area (Å²) in [5.41, 5.74) is 3.26. The summed E-state index contributed by atoms with van der Waals surface area (Å²) in [6.07, 6.45) is 2.17. The fourth-order valence-electron chi connectivity index (χ4n) is 4.39. The molecule has 0 aliphatic carbocycles. The van der Waals surface area contributed by atoms with Gasteiger partial charge in [0.1, 0.15) is 12.6 Å². The first kappa shape index (κ1) is 29.9. The Morgan fingerprint density at radius 1 is 0.872 bits per heavy atom. The Morgan fingerprint density at radius 3 is 2.18 bits per heavy atom. The van der Waals surface area contributed by atoms with Crippen LogP contribution in [0.3, 0.4) is 0 Å². The number of sulfonamides is 1. The number of nitrogens with one attached hydrogen (secondary N) is 1. The lowest BCUT2D eigenvalue weighted by Gasteiger charge is -2.33. The van der Waals surface area contributed by atoms with Crippen molar-refractivity contribution in [2.75, 3.05) is 17.4 Å². The van der Waals surface area contributed by atoms with Gasteiger partial charge in [-0.2, -0.15) is 0 Å². The van der Waals surface area contributed by atoms with Crippen molar-refractivity contribution in [2.24, 2.45) is 0 Å². The zero-order valence-electron chi connectivity index (χ0n) is 23.3. The minimum absolute atomic E-state index is 0.0907. The summed E-state index contributed by atoms with van der Waals surface area (Å²) in [7, 11) is -4.06. The lowest BCUT2D eigenvalue weighted by molar-refractivity contribution is -0.140. The minimum Gasteiger partial charge on any atom is -0.354 e. The molecule has 1 unspecified atom stereocenters. The van der Waals surface area contributed by atoms with Crippen molar-refractivity contribution < 1.29 is 18.0 Å². The molecule has 0 radical (unpaired) electrons. The summed E-state index contributed by atoms with van der Waals surface area (Å²) in [4.78, 5) is 28.9. The van der Waals surface area contributed by atoms with E-state index in [9.17, 15) is 18.0 Å². The van der Waals surface area contributed by atoms with E-state index >= 15 is 0 Å². The summed E-state index contributed by atoms with van der Waals surface area (Å²) >= 11 is 0. The van der Waals surface area contributed by atoms with E-state index in [2.05, 4.69) is 5.32 Å². The SMILES string of the molecule is CCCCNC(=O)C(CC)N(Cc1cccc(C)c1)C(=O)CN(c1ccc(C)cc1)S(=O)(=O)c1ccccc1. The molecule has 0 heterocycles. The molecular weight excluding hydrogens is 510 g/mol. The number of aryl methyl sites for hydroxylation is 2. The van der Waals surface area contributed by atoms with Crippen molar-refractivity contribution in [3.05, 3.63) is 95.6 Å². The highest BCUT2D eigenvalue weighted by molar-refractivity contribution is 7.92. The maximum absolute atomic E-state index is 14.0. The van der Waals surface area contributed by atoms with Gasteiger partial charge in [0.15, 0.2) is 0 Å². The van der Waals surface area contributed by atoms with Crippen LogP contribution < -0.4 is 9.62 Å². The van der Waals surface area contributed by atoms with E-state index in [4.69, 9.17) is 0 Å². The Kier molecular flexibility index (Phi) is 10.7. The molecule has 1 atom stereocenters. The van der Waals surface area contributed by atoms with Crippen LogP contribution in [-0.2, 0) is 26.2 Å². The van der Waals surface area contributed by atoms with Crippen molar-refractivity contribution in [1.82, 2.24) is 10.2 Å². The molecule has 0 aliphatic rings. The van der Waals surface area contributed by atoms with Crippen LogP contribution in [0.25, 0.3) is 0 Å². The van der Waals surface area contributed by atoms with Crippen LogP contribution in [-0.4, -0.2) is 44.3 Å². The van der Waals surface area contributed by atoms with Crippen molar-refractivity contribution in [3.8, 4) is 0 Å². The second kappa shape index (κ2) is 13.9. The number of nitrogens with zero attached hydrogens (tertiary/aromatic N) is 2. The van der Waals surface area contributed by atoms with Gasteiger partial charge >= 0.3 is 0 Å². The van der Waals surface area contributed by atoms with Crippen LogP contribution in [0, 0.1) is 13.8 Å². The summed E-state index contributed by atoms with van der Waals surface area (Å²) < 4.78 is 28.7. The fraction of sp³-hybridized carbons (Fsp3) is 0.355. The third-order valence-corrected chi connectivity index (χ3v) is 8.37. The lowest BCUT2D eigenvalue weighted by Crippen LogP contribution is -2.52. The van der Waals surface area contributed by atoms with Crippen LogP contribution >= 0.6 is 0 Å². The zero-order chi connectivity index (χ0) is 28.4. The molecule has 0 saturated heterocycles. The number of amides is 2. The first-order valence-corrected chi connectivity index (χ1v) is 14.9. The van der Waals surface area contributed by atoms with Gasteiger partial charge in [-0.1, -0.05) is 86.0 Å². The van der Waals surface area contributed by atoms with Crippen LogP contribution in [0.2, 0.25) is 0 Å². The molecule has 7 nitrogen and oxygen atoms in total. The average molecular weight is 550 g/mol. The number of unbranched alkanes of at least 4 members (excludes halogenated alkanes) is 1. The number of rotatable bonds is 13. The molecule has 0 spiro atoms. The van der Waals surface area contributed by atoms with E-state index in [1.807, 2.05) is 64.1 Å². The number of benzene rings is 3. The third kappa shape index (κ3) is 7.93. The third-order valence-electron chi connectivity index (χ3n) is 6.58. The lowest BCUT2D eigenvalue weighted by atomic mass is 10.1. The predicted octanol–water partition coefficient (Wildman–Crippen LogP) is 5.22. The summed E-state index contributed by atoms with van der Waals surface area (Å²) in [5, 5.41) is 2.95. The Labute approximate surface area is 232 Å². The van der Waals surface area contributed by atoms with Crippen molar-refractivity contribution >= 4 is 27.5 Å². The molecule has 3 aromatic carbocycles. The molecule has 2 amide bonds. The van der Waals surface area contributed by atoms with Crippen molar-refractivity contribution in [2.45, 2.75) is 64.4 Å². The van der Waals surface area contributed by atoms with Gasteiger partial charge in [-0.05, 0) is 56.5 Å². The van der Waals surface area contributed by atoms with Crippen LogP contribution in [0.15, 0.2) is 83.8 Å². The molecule has 8 heteroatoms. The van der Waals surface area contributed by atoms with Crippen LogP contribution in [0.4, 0.5) is 5.69 Å². The van der Waals surface area contributed by atoms with Crippen molar-refractivity contribution in [1.29, 1.82) is 0 Å². The monoisotopic (exact) mass is 549 g/mol. The van der Waals surface area contributed by atoms with Gasteiger partial charge in [0, 0.05) is 13.1 Å². The van der Waals surface area contributed by atoms with Gasteiger partial charge in [-0.3, -0.25) is 13.9 Å². The normalized spacial score (nSPS) is 12.0. The zero-order valence-corrected chi connectivity index (χ0v) is 24.1. The highest BCUT2D eigenvalue weighted by Crippen LogP contribution is 2.25. The van der Waals surface area contributed by atoms with E-state index < -0.39 is 28.5 Å². The first-order chi connectivity index (χ1) is 18.7. The molecule has 1 N–H and O–H groups in total. The van der Waals surface area contributed by atoms with Gasteiger partial charge < -0.3 is 10.2 Å². The topological polar surface area (TPSA) is 86.8 Å². The Bertz CT molecular complexity index is 1340. The van der Waals surface area contributed by atoms with Gasteiger partial charge in [0.05, 0.1) is 10.6 Å². The smallest absolute Gasteiger partial charge is 0.264 e. The molecule has 3 rings (SSSR count). The second-order valence-corrected chi connectivity index (χ2v) is 11.6. The summed E-state index contributed by atoms with van der Waals surface area (Å²) in [6, 6.07) is 22.1. The molecule has 0 aliphatic heterocycles. The van der Waals surface area contributed by atoms with Crippen LogP contribution in [0.5, 0.6) is 0 Å². The summed E-state index contributed by atoms with van der Waals surface area (Å²) in [6.45, 7) is 8.06. The highest BCUT2D eigenvalue weighted by atomic mass is 32.2. The largest absolute Gasteiger partial charge is 0.354 e. The van der Waals surface area contributed by atoms with E-state index in [1.165, 1.54) is 17.0 Å². The van der Waals surface area contributed by atoms with E-state index in [-0.39, 0.29) is 17.3 Å². The molecule has 208 valence electrons. The molecule has 3 aromatic rings. The van der Waals surface area contributed by atoms with Crippen molar-refractivity contribution in [3.63, 3.8) is 0 Å². The molecule has 0 fully saturated rings. The molecule has 39 heavy (non-hydrogen) atoms. The highest BCUT2D eigenvalue weighted by Gasteiger charge is 2.33. The average Bonchev–Trinajstić information content (AvgIpc) is 2.92. The molecule has 0 bridgehead atoms. The number of carbonyl (C=O) groups is 2. The van der Waals surface area contributed by atoms with Gasteiger partial charge in [-0.15, -0.1) is 0 Å². The van der Waals surface area contributed by atoms with E-state index in [1.54, 1.807) is 30.3 Å². The molecule has 0 saturated carbocycles. The van der Waals surface area contributed by atoms with Crippen LogP contribution in [0.1, 0.15) is 49.8 Å². The van der Waals surface area contributed by atoms with E-state index in [0.717, 1.165) is 33.8 Å². The minimum atomic E-state index is -4.06. The number of hydrogen-bond donors (Lipinski definition) is 1. The molecular formula is C31H39N3O4S. The predicted molar refractivity (Wildman–Crippen MR) is 156 cm³/mol. The number of carbonyl (C=O) groups excluding carboxylic acids is 2. The standard InChI is InChI=1S/C31H39N3O4S/c1-5-7-20-32-31(36)29(6-2)33(22-26-13-11-12-25(4)21-26)30(35)23-34(27-18-16-24(3)17-19-27)39(37,38)28-14-9-8-10-15-28/h8-19,21,29H,5-7,20,22-23H2,1-4H3,(H,32,36). The fourth-order valence-corrected chi connectivity index (χ4v) is 5.83.